The van der Waals surface area contributed by atoms with Crippen LogP contribution >= 0.6 is 11.6 Å². The van der Waals surface area contributed by atoms with Crippen LogP contribution in [0.3, 0.4) is 0 Å². The molecule has 27 heavy (non-hydrogen) atoms. The van der Waals surface area contributed by atoms with Crippen LogP contribution in [0.2, 0.25) is 5.02 Å². The largest absolute Gasteiger partial charge is 0.467 e. The summed E-state index contributed by atoms with van der Waals surface area (Å²) in [6, 6.07) is 11.0. The maximum absolute atomic E-state index is 13.3. The Morgan fingerprint density at radius 2 is 2.07 bits per heavy atom. The molecule has 1 atom stereocenters. The molecule has 3 heterocycles. The zero-order valence-electron chi connectivity index (χ0n) is 14.1. The number of carbonyl (C=O) groups excluding carboxylic acids is 1. The summed E-state index contributed by atoms with van der Waals surface area (Å²) in [6.45, 7) is -0.0336. The molecule has 2 aromatic heterocycles. The zero-order chi connectivity index (χ0) is 18.8. The van der Waals surface area contributed by atoms with E-state index in [9.17, 15) is 9.18 Å². The van der Waals surface area contributed by atoms with Crippen LogP contribution in [0.1, 0.15) is 24.0 Å². The molecule has 1 aliphatic rings. The fraction of sp³-hybridized carbons (Fsp3) is 0.158. The summed E-state index contributed by atoms with van der Waals surface area (Å²) in [4.78, 5) is 12.8. The molecule has 0 bridgehead atoms. The van der Waals surface area contributed by atoms with E-state index in [1.54, 1.807) is 36.8 Å². The van der Waals surface area contributed by atoms with E-state index in [0.29, 0.717) is 29.3 Å². The van der Waals surface area contributed by atoms with Gasteiger partial charge in [-0.2, -0.15) is 5.10 Å². The van der Waals surface area contributed by atoms with E-state index in [2.05, 4.69) is 10.4 Å². The van der Waals surface area contributed by atoms with Crippen molar-refractivity contribution in [3.05, 3.63) is 77.4 Å². The van der Waals surface area contributed by atoms with Gasteiger partial charge in [0.25, 0.3) is 5.91 Å². The minimum absolute atomic E-state index is 0.0137. The molecule has 8 heteroatoms. The molecular weight excluding hydrogens is 373 g/mol. The number of hydrogen-bond donors (Lipinski definition) is 1. The molecule has 6 nitrogen and oxygen atoms in total. The second kappa shape index (κ2) is 7.28. The number of hydrogen-bond acceptors (Lipinski definition) is 5. The lowest BCUT2D eigenvalue weighted by Gasteiger charge is -2.20. The van der Waals surface area contributed by atoms with Crippen molar-refractivity contribution < 1.29 is 18.0 Å². The highest BCUT2D eigenvalue weighted by atomic mass is 35.5. The van der Waals surface area contributed by atoms with E-state index in [1.165, 1.54) is 23.2 Å². The van der Waals surface area contributed by atoms with Gasteiger partial charge in [-0.05, 0) is 42.5 Å². The summed E-state index contributed by atoms with van der Waals surface area (Å²) in [5, 5.41) is 8.74. The van der Waals surface area contributed by atoms with E-state index in [0.717, 1.165) is 0 Å². The lowest BCUT2D eigenvalue weighted by atomic mass is 10.1. The van der Waals surface area contributed by atoms with Gasteiger partial charge in [-0.25, -0.2) is 9.40 Å². The number of anilines is 1. The third kappa shape index (κ3) is 3.59. The maximum Gasteiger partial charge on any atom is 0.262 e. The van der Waals surface area contributed by atoms with Gasteiger partial charge in [-0.3, -0.25) is 4.79 Å². The fourth-order valence-corrected chi connectivity index (χ4v) is 3.08. The van der Waals surface area contributed by atoms with Gasteiger partial charge in [-0.1, -0.05) is 11.6 Å². The van der Waals surface area contributed by atoms with Gasteiger partial charge in [0.1, 0.15) is 29.1 Å². The number of hydrazone groups is 1. The Morgan fingerprint density at radius 3 is 2.78 bits per heavy atom. The van der Waals surface area contributed by atoms with Gasteiger partial charge in [0.05, 0.1) is 24.1 Å². The van der Waals surface area contributed by atoms with Crippen molar-refractivity contribution >= 4 is 28.9 Å². The Morgan fingerprint density at radius 1 is 1.26 bits per heavy atom. The van der Waals surface area contributed by atoms with Crippen molar-refractivity contribution in [1.29, 1.82) is 0 Å². The van der Waals surface area contributed by atoms with E-state index < -0.39 is 5.82 Å². The molecule has 1 aromatic carbocycles. The van der Waals surface area contributed by atoms with Crippen LogP contribution in [0, 0.1) is 5.82 Å². The SMILES string of the molecule is O=C(CNc1ccc(F)c(Cl)c1)N1N=C(c2ccco2)C[C@H]1c1ccco1. The van der Waals surface area contributed by atoms with Crippen molar-refractivity contribution in [2.45, 2.75) is 12.5 Å². The summed E-state index contributed by atoms with van der Waals surface area (Å²) in [5.41, 5.74) is 1.21. The van der Waals surface area contributed by atoms with Crippen molar-refractivity contribution in [2.24, 2.45) is 5.10 Å². The Balaban J connectivity index is 1.52. The lowest BCUT2D eigenvalue weighted by molar-refractivity contribution is -0.131. The van der Waals surface area contributed by atoms with Crippen LogP contribution in [0.4, 0.5) is 10.1 Å². The molecule has 138 valence electrons. The van der Waals surface area contributed by atoms with Gasteiger partial charge < -0.3 is 14.2 Å². The fourth-order valence-electron chi connectivity index (χ4n) is 2.90. The van der Waals surface area contributed by atoms with Crippen LogP contribution in [-0.4, -0.2) is 23.2 Å². The quantitative estimate of drug-likeness (QED) is 0.701. The second-order valence-corrected chi connectivity index (χ2v) is 6.39. The zero-order valence-corrected chi connectivity index (χ0v) is 14.8. The highest BCUT2D eigenvalue weighted by molar-refractivity contribution is 6.31. The Labute approximate surface area is 159 Å². The number of nitrogens with zero attached hydrogens (tertiary/aromatic N) is 2. The highest BCUT2D eigenvalue weighted by Crippen LogP contribution is 2.33. The third-order valence-corrected chi connectivity index (χ3v) is 4.50. The van der Waals surface area contributed by atoms with E-state index in [-0.39, 0.29) is 23.5 Å². The lowest BCUT2D eigenvalue weighted by Crippen LogP contribution is -2.32. The van der Waals surface area contributed by atoms with Gasteiger partial charge in [0.2, 0.25) is 0 Å². The normalized spacial score (nSPS) is 16.4. The first-order chi connectivity index (χ1) is 13.1. The summed E-state index contributed by atoms with van der Waals surface area (Å²) < 4.78 is 24.1. The van der Waals surface area contributed by atoms with Crippen LogP contribution in [0.15, 0.2) is 68.9 Å². The molecule has 0 aliphatic carbocycles. The third-order valence-electron chi connectivity index (χ3n) is 4.21. The van der Waals surface area contributed by atoms with Gasteiger partial charge in [0.15, 0.2) is 0 Å². The first-order valence-electron chi connectivity index (χ1n) is 8.27. The maximum atomic E-state index is 13.3. The van der Waals surface area contributed by atoms with Gasteiger partial charge >= 0.3 is 0 Å². The van der Waals surface area contributed by atoms with Crippen LogP contribution in [0.5, 0.6) is 0 Å². The Kier molecular flexibility index (Phi) is 4.68. The van der Waals surface area contributed by atoms with Crippen LogP contribution in [-0.2, 0) is 4.79 Å². The molecule has 0 saturated carbocycles. The number of rotatable bonds is 5. The average Bonchev–Trinajstić information content (AvgIpc) is 3.41. The molecule has 0 saturated heterocycles. The van der Waals surface area contributed by atoms with Crippen LogP contribution in [0.25, 0.3) is 0 Å². The Bertz CT molecular complexity index is 970. The van der Waals surface area contributed by atoms with Crippen molar-refractivity contribution in [3.63, 3.8) is 0 Å². The first kappa shape index (κ1) is 17.4. The number of benzene rings is 1. The van der Waals surface area contributed by atoms with E-state index in [4.69, 9.17) is 20.4 Å². The molecule has 1 aliphatic heterocycles. The number of carbonyl (C=O) groups is 1. The van der Waals surface area contributed by atoms with Crippen LogP contribution < -0.4 is 5.32 Å². The molecule has 0 spiro atoms. The molecule has 4 rings (SSSR count). The number of amides is 1. The summed E-state index contributed by atoms with van der Waals surface area (Å²) in [6.07, 6.45) is 3.60. The van der Waals surface area contributed by atoms with Crippen molar-refractivity contribution in [2.75, 3.05) is 11.9 Å². The monoisotopic (exact) mass is 387 g/mol. The van der Waals surface area contributed by atoms with Crippen molar-refractivity contribution in [1.82, 2.24) is 5.01 Å². The smallest absolute Gasteiger partial charge is 0.262 e. The van der Waals surface area contributed by atoms with Gasteiger partial charge in [0, 0.05) is 12.1 Å². The molecular formula is C19H15ClFN3O3. The predicted molar refractivity (Wildman–Crippen MR) is 98.1 cm³/mol. The molecule has 3 aromatic rings. The van der Waals surface area contributed by atoms with Crippen molar-refractivity contribution in [3.8, 4) is 0 Å². The summed E-state index contributed by atoms with van der Waals surface area (Å²) in [5.74, 6) is 0.468. The molecule has 0 unspecified atom stereocenters. The number of furan rings is 2. The van der Waals surface area contributed by atoms with Gasteiger partial charge in [-0.15, -0.1) is 0 Å². The topological polar surface area (TPSA) is 71.0 Å². The standard InChI is InChI=1S/C19H15ClFN3O3/c20-13-9-12(5-6-14(13)21)22-11-19(25)24-16(18-4-2-8-27-18)10-15(23-24)17-3-1-7-26-17/h1-9,16,22H,10-11H2/t16-/m0/s1. The number of nitrogens with one attached hydrogen (secondary N) is 1. The predicted octanol–water partition coefficient (Wildman–Crippen LogP) is 4.45. The first-order valence-corrected chi connectivity index (χ1v) is 8.65. The summed E-state index contributed by atoms with van der Waals surface area (Å²) in [7, 11) is 0. The minimum Gasteiger partial charge on any atom is -0.467 e. The average molecular weight is 388 g/mol. The number of halogens is 2. The second-order valence-electron chi connectivity index (χ2n) is 5.98. The summed E-state index contributed by atoms with van der Waals surface area (Å²) >= 11 is 5.77. The molecule has 1 amide bonds. The van der Waals surface area contributed by atoms with E-state index in [1.807, 2.05) is 0 Å². The molecule has 1 N–H and O–H groups in total. The molecule has 0 radical (unpaired) electrons. The highest BCUT2D eigenvalue weighted by Gasteiger charge is 2.35. The Hall–Kier alpha value is -3.06. The van der Waals surface area contributed by atoms with E-state index >= 15 is 0 Å². The molecule has 0 fully saturated rings. The minimum atomic E-state index is -0.515.